The molecule has 0 fully saturated rings. The van der Waals surface area contributed by atoms with Crippen molar-refractivity contribution in [1.29, 1.82) is 0 Å². The predicted molar refractivity (Wildman–Crippen MR) is 77.7 cm³/mol. The van der Waals surface area contributed by atoms with Crippen molar-refractivity contribution in [2.45, 2.75) is 0 Å². The molecule has 0 aliphatic carbocycles. The quantitative estimate of drug-likeness (QED) is 0.882. The monoisotopic (exact) mass is 359 g/mol. The SMILES string of the molecule is NC(=O)c1csc(NC(=O)c2cc(Br)ccc2Cl)n1. The standard InChI is InChI=1S/C11H7BrClN3O2S/c12-5-1-2-7(13)6(3-5)10(18)16-11-15-8(4-19-11)9(14)17/h1-4H,(H2,14,17)(H,15,16,18). The molecule has 0 spiro atoms. The Bertz CT molecular complexity index is 659. The van der Waals surface area contributed by atoms with Crippen molar-refractivity contribution < 1.29 is 9.59 Å². The molecule has 1 aromatic heterocycles. The molecule has 0 aliphatic heterocycles. The predicted octanol–water partition coefficient (Wildman–Crippen LogP) is 2.91. The number of halogens is 2. The molecule has 3 N–H and O–H groups in total. The van der Waals surface area contributed by atoms with Crippen molar-refractivity contribution in [2.24, 2.45) is 5.73 Å². The molecule has 0 radical (unpaired) electrons. The van der Waals surface area contributed by atoms with Gasteiger partial charge in [-0.25, -0.2) is 4.98 Å². The van der Waals surface area contributed by atoms with Gasteiger partial charge in [0.15, 0.2) is 5.13 Å². The second kappa shape index (κ2) is 5.68. The van der Waals surface area contributed by atoms with Gasteiger partial charge in [-0.15, -0.1) is 11.3 Å². The number of carbonyl (C=O) groups excluding carboxylic acids is 2. The van der Waals surface area contributed by atoms with E-state index in [1.165, 1.54) is 5.38 Å². The van der Waals surface area contributed by atoms with Crippen molar-refractivity contribution in [2.75, 3.05) is 5.32 Å². The van der Waals surface area contributed by atoms with Crippen LogP contribution in [-0.4, -0.2) is 16.8 Å². The topological polar surface area (TPSA) is 85.1 Å². The number of nitrogens with two attached hydrogens (primary N) is 1. The van der Waals surface area contributed by atoms with Gasteiger partial charge in [0.1, 0.15) is 5.69 Å². The maximum absolute atomic E-state index is 12.0. The first-order chi connectivity index (χ1) is 8.97. The normalized spacial score (nSPS) is 10.2. The van der Waals surface area contributed by atoms with Crippen LogP contribution in [0, 0.1) is 0 Å². The van der Waals surface area contributed by atoms with Crippen molar-refractivity contribution in [3.05, 3.63) is 44.3 Å². The fourth-order valence-electron chi connectivity index (χ4n) is 1.28. The molecule has 5 nitrogen and oxygen atoms in total. The zero-order chi connectivity index (χ0) is 14.0. The molecule has 2 aromatic rings. The lowest BCUT2D eigenvalue weighted by molar-refractivity contribution is 0.0992. The van der Waals surface area contributed by atoms with E-state index in [2.05, 4.69) is 26.2 Å². The van der Waals surface area contributed by atoms with Crippen LogP contribution < -0.4 is 11.1 Å². The number of carbonyl (C=O) groups is 2. The summed E-state index contributed by atoms with van der Waals surface area (Å²) < 4.78 is 0.735. The minimum absolute atomic E-state index is 0.112. The number of rotatable bonds is 3. The van der Waals surface area contributed by atoms with Gasteiger partial charge in [-0.1, -0.05) is 27.5 Å². The van der Waals surface area contributed by atoms with E-state index in [1.807, 2.05) is 0 Å². The number of amides is 2. The summed E-state index contributed by atoms with van der Waals surface area (Å²) in [7, 11) is 0. The van der Waals surface area contributed by atoms with Crippen LogP contribution >= 0.6 is 38.9 Å². The number of nitrogens with zero attached hydrogens (tertiary/aromatic N) is 1. The summed E-state index contributed by atoms with van der Waals surface area (Å²) in [6.07, 6.45) is 0. The highest BCUT2D eigenvalue weighted by Gasteiger charge is 2.14. The highest BCUT2D eigenvalue weighted by atomic mass is 79.9. The molecular formula is C11H7BrClN3O2S. The Labute approximate surface area is 125 Å². The summed E-state index contributed by atoms with van der Waals surface area (Å²) in [5, 5.41) is 4.64. The molecule has 2 rings (SSSR count). The van der Waals surface area contributed by atoms with Gasteiger partial charge in [0.25, 0.3) is 11.8 Å². The molecule has 0 saturated carbocycles. The summed E-state index contributed by atoms with van der Waals surface area (Å²) in [5.41, 5.74) is 5.50. The molecule has 2 amide bonds. The van der Waals surface area contributed by atoms with Crippen LogP contribution in [0.15, 0.2) is 28.1 Å². The average molecular weight is 361 g/mol. The van der Waals surface area contributed by atoms with E-state index in [-0.39, 0.29) is 10.8 Å². The first-order valence-corrected chi connectivity index (χ1v) is 7.04. The van der Waals surface area contributed by atoms with Gasteiger partial charge in [-0.3, -0.25) is 14.9 Å². The molecule has 0 unspecified atom stereocenters. The number of benzene rings is 1. The van der Waals surface area contributed by atoms with Gasteiger partial charge >= 0.3 is 0 Å². The third-order valence-corrected chi connectivity index (χ3v) is 3.73. The lowest BCUT2D eigenvalue weighted by Gasteiger charge is -2.04. The number of primary amides is 1. The lowest BCUT2D eigenvalue weighted by Crippen LogP contribution is -2.14. The van der Waals surface area contributed by atoms with Gasteiger partial charge in [-0.2, -0.15) is 0 Å². The van der Waals surface area contributed by atoms with Gasteiger partial charge < -0.3 is 5.73 Å². The van der Waals surface area contributed by atoms with Gasteiger partial charge in [0.05, 0.1) is 10.6 Å². The Morgan fingerprint density at radius 2 is 2.16 bits per heavy atom. The van der Waals surface area contributed by atoms with Crippen molar-refractivity contribution in [1.82, 2.24) is 4.98 Å². The number of aromatic nitrogens is 1. The zero-order valence-electron chi connectivity index (χ0n) is 9.31. The maximum Gasteiger partial charge on any atom is 0.268 e. The third-order valence-electron chi connectivity index (χ3n) is 2.15. The molecular weight excluding hydrogens is 354 g/mol. The molecule has 0 bridgehead atoms. The highest BCUT2D eigenvalue weighted by Crippen LogP contribution is 2.23. The second-order valence-corrected chi connectivity index (χ2v) is 5.66. The summed E-state index contributed by atoms with van der Waals surface area (Å²) in [6, 6.07) is 4.94. The summed E-state index contributed by atoms with van der Waals surface area (Å²) in [6.45, 7) is 0. The van der Waals surface area contributed by atoms with Gasteiger partial charge in [0, 0.05) is 9.85 Å². The zero-order valence-corrected chi connectivity index (χ0v) is 12.5. The molecule has 0 atom stereocenters. The molecule has 19 heavy (non-hydrogen) atoms. The summed E-state index contributed by atoms with van der Waals surface area (Å²) >= 11 is 10.3. The lowest BCUT2D eigenvalue weighted by atomic mass is 10.2. The number of anilines is 1. The minimum atomic E-state index is -0.641. The average Bonchev–Trinajstić information content (AvgIpc) is 2.80. The molecule has 98 valence electrons. The van der Waals surface area contributed by atoms with E-state index < -0.39 is 11.8 Å². The first-order valence-electron chi connectivity index (χ1n) is 4.99. The van der Waals surface area contributed by atoms with Crippen LogP contribution in [0.4, 0.5) is 5.13 Å². The van der Waals surface area contributed by atoms with Crippen molar-refractivity contribution in [3.63, 3.8) is 0 Å². The number of hydrogen-bond acceptors (Lipinski definition) is 4. The van der Waals surface area contributed by atoms with Crippen LogP contribution in [-0.2, 0) is 0 Å². The van der Waals surface area contributed by atoms with Crippen LogP contribution in [0.25, 0.3) is 0 Å². The molecule has 8 heteroatoms. The number of hydrogen-bond donors (Lipinski definition) is 2. The van der Waals surface area contributed by atoms with Crippen LogP contribution in [0.1, 0.15) is 20.8 Å². The van der Waals surface area contributed by atoms with Gasteiger partial charge in [-0.05, 0) is 18.2 Å². The van der Waals surface area contributed by atoms with Crippen LogP contribution in [0.2, 0.25) is 5.02 Å². The van der Waals surface area contributed by atoms with E-state index in [4.69, 9.17) is 17.3 Å². The summed E-state index contributed by atoms with van der Waals surface area (Å²) in [5.74, 6) is -1.05. The Morgan fingerprint density at radius 3 is 2.79 bits per heavy atom. The summed E-state index contributed by atoms with van der Waals surface area (Å²) in [4.78, 5) is 26.8. The smallest absolute Gasteiger partial charge is 0.268 e. The maximum atomic E-state index is 12.0. The Morgan fingerprint density at radius 1 is 1.42 bits per heavy atom. The van der Waals surface area contributed by atoms with Crippen molar-refractivity contribution in [3.8, 4) is 0 Å². The minimum Gasteiger partial charge on any atom is -0.364 e. The van der Waals surface area contributed by atoms with E-state index >= 15 is 0 Å². The fourth-order valence-corrected chi connectivity index (χ4v) is 2.54. The van der Waals surface area contributed by atoms with Crippen LogP contribution in [0.5, 0.6) is 0 Å². The van der Waals surface area contributed by atoms with Crippen molar-refractivity contribution >= 4 is 55.8 Å². The first kappa shape index (κ1) is 14.0. The number of nitrogens with one attached hydrogen (secondary N) is 1. The fraction of sp³-hybridized carbons (Fsp3) is 0. The number of thiazole rings is 1. The van der Waals surface area contributed by atoms with E-state index in [0.29, 0.717) is 10.6 Å². The van der Waals surface area contributed by atoms with Crippen LogP contribution in [0.3, 0.4) is 0 Å². The van der Waals surface area contributed by atoms with E-state index in [1.54, 1.807) is 18.2 Å². The molecule has 1 aromatic carbocycles. The van der Waals surface area contributed by atoms with E-state index in [9.17, 15) is 9.59 Å². The Balaban J connectivity index is 2.20. The molecule has 0 aliphatic rings. The Kier molecular flexibility index (Phi) is 4.18. The molecule has 0 saturated heterocycles. The van der Waals surface area contributed by atoms with E-state index in [0.717, 1.165) is 15.8 Å². The van der Waals surface area contributed by atoms with Gasteiger partial charge in [0.2, 0.25) is 0 Å². The molecule has 1 heterocycles. The second-order valence-electron chi connectivity index (χ2n) is 3.48. The Hall–Kier alpha value is -1.44. The largest absolute Gasteiger partial charge is 0.364 e. The third kappa shape index (κ3) is 3.31. The highest BCUT2D eigenvalue weighted by molar-refractivity contribution is 9.10.